The highest BCUT2D eigenvalue weighted by atomic mass is 15.7. The summed E-state index contributed by atoms with van der Waals surface area (Å²) in [5.74, 6) is 0. The Hall–Kier alpha value is -0.160. The molecule has 0 atom stereocenters. The van der Waals surface area contributed by atoms with Gasteiger partial charge in [0.1, 0.15) is 0 Å². The molecular formula is C6H18N4. The number of hydrogen-bond donors (Lipinski definition) is 3. The Morgan fingerprint density at radius 3 is 2.00 bits per heavy atom. The lowest BCUT2D eigenvalue weighted by Crippen LogP contribution is -2.50. The molecule has 4 heteroatoms. The number of nitrogens with two attached hydrogens (primary N) is 1. The molecule has 0 radical (unpaired) electrons. The van der Waals surface area contributed by atoms with Crippen LogP contribution in [0.25, 0.3) is 0 Å². The van der Waals surface area contributed by atoms with Crippen LogP contribution in [-0.4, -0.2) is 31.3 Å². The minimum absolute atomic E-state index is 0.667. The van der Waals surface area contributed by atoms with Crippen LogP contribution in [0.4, 0.5) is 0 Å². The van der Waals surface area contributed by atoms with E-state index >= 15 is 0 Å². The summed E-state index contributed by atoms with van der Waals surface area (Å²) < 4.78 is 0. The number of hydrazine groups is 2. The molecule has 0 aliphatic carbocycles. The van der Waals surface area contributed by atoms with Gasteiger partial charge in [-0.25, -0.2) is 10.9 Å². The fourth-order valence-corrected chi connectivity index (χ4v) is 0.725. The molecule has 0 amide bonds. The summed E-state index contributed by atoms with van der Waals surface area (Å²) in [5, 5.41) is 1.92. The Morgan fingerprint density at radius 1 is 1.20 bits per heavy atom. The molecule has 0 aromatic rings. The van der Waals surface area contributed by atoms with Crippen LogP contribution in [0.2, 0.25) is 0 Å². The number of rotatable bonds is 6. The van der Waals surface area contributed by atoms with Gasteiger partial charge in [-0.2, -0.15) is 5.12 Å². The van der Waals surface area contributed by atoms with E-state index in [1.807, 2.05) is 5.12 Å². The molecule has 0 fully saturated rings. The molecule has 0 heterocycles. The van der Waals surface area contributed by atoms with Gasteiger partial charge < -0.3 is 5.73 Å². The summed E-state index contributed by atoms with van der Waals surface area (Å²) in [6, 6.07) is 0. The van der Waals surface area contributed by atoms with Crippen molar-refractivity contribution < 1.29 is 0 Å². The minimum atomic E-state index is 0.667. The highest BCUT2D eigenvalue weighted by Gasteiger charge is 1.96. The van der Waals surface area contributed by atoms with Crippen molar-refractivity contribution in [3.63, 3.8) is 0 Å². The summed E-state index contributed by atoms with van der Waals surface area (Å²) in [5.41, 5.74) is 11.6. The predicted molar refractivity (Wildman–Crippen MR) is 43.1 cm³/mol. The van der Waals surface area contributed by atoms with Gasteiger partial charge in [-0.15, -0.1) is 0 Å². The third kappa shape index (κ3) is 4.69. The lowest BCUT2D eigenvalue weighted by atomic mass is 10.6. The fourth-order valence-electron chi connectivity index (χ4n) is 0.725. The molecule has 0 aromatic heterocycles. The van der Waals surface area contributed by atoms with Crippen molar-refractivity contribution in [1.29, 1.82) is 0 Å². The van der Waals surface area contributed by atoms with Gasteiger partial charge in [-0.3, -0.25) is 0 Å². The molecular weight excluding hydrogens is 128 g/mol. The first-order valence-electron chi connectivity index (χ1n) is 3.79. The third-order valence-corrected chi connectivity index (χ3v) is 1.05. The van der Waals surface area contributed by atoms with E-state index < -0.39 is 0 Å². The van der Waals surface area contributed by atoms with Gasteiger partial charge in [0.15, 0.2) is 0 Å². The smallest absolute Gasteiger partial charge is 0.0411 e. The van der Waals surface area contributed by atoms with Crippen LogP contribution in [-0.2, 0) is 0 Å². The van der Waals surface area contributed by atoms with Gasteiger partial charge in [-0.1, -0.05) is 13.8 Å². The van der Waals surface area contributed by atoms with Gasteiger partial charge in [0.25, 0.3) is 0 Å². The van der Waals surface area contributed by atoms with E-state index in [-0.39, 0.29) is 0 Å². The van der Waals surface area contributed by atoms with Crippen molar-refractivity contribution in [2.75, 3.05) is 26.2 Å². The number of nitrogens with zero attached hydrogens (tertiary/aromatic N) is 1. The van der Waals surface area contributed by atoms with Crippen LogP contribution < -0.4 is 16.6 Å². The molecule has 4 nitrogen and oxygen atoms in total. The Bertz CT molecular complexity index is 52.5. The van der Waals surface area contributed by atoms with E-state index in [2.05, 4.69) is 24.7 Å². The minimum Gasteiger partial charge on any atom is -0.329 e. The maximum Gasteiger partial charge on any atom is 0.0411 e. The molecule has 10 heavy (non-hydrogen) atoms. The van der Waals surface area contributed by atoms with Crippen LogP contribution in [0.15, 0.2) is 0 Å². The Balaban J connectivity index is 3.30. The Morgan fingerprint density at radius 2 is 1.70 bits per heavy atom. The zero-order chi connectivity index (χ0) is 7.82. The Labute approximate surface area is 62.7 Å². The second-order valence-corrected chi connectivity index (χ2v) is 1.96. The number of hydrogen-bond acceptors (Lipinski definition) is 4. The zero-order valence-corrected chi connectivity index (χ0v) is 6.85. The molecule has 0 aromatic carbocycles. The van der Waals surface area contributed by atoms with Crippen molar-refractivity contribution >= 4 is 0 Å². The molecule has 0 saturated carbocycles. The first-order chi connectivity index (χ1) is 4.85. The van der Waals surface area contributed by atoms with Crippen molar-refractivity contribution in [3.8, 4) is 0 Å². The van der Waals surface area contributed by atoms with Crippen molar-refractivity contribution in [1.82, 2.24) is 16.0 Å². The number of nitrogens with one attached hydrogen (secondary N) is 2. The quantitative estimate of drug-likeness (QED) is 0.434. The molecule has 4 N–H and O–H groups in total. The monoisotopic (exact) mass is 146 g/mol. The van der Waals surface area contributed by atoms with E-state index in [1.54, 1.807) is 0 Å². The van der Waals surface area contributed by atoms with E-state index in [1.165, 1.54) is 0 Å². The topological polar surface area (TPSA) is 53.3 Å². The first kappa shape index (κ1) is 9.84. The fraction of sp³-hybridized carbons (Fsp3) is 1.00. The molecule has 0 saturated heterocycles. The highest BCUT2D eigenvalue weighted by Crippen LogP contribution is 1.71. The molecule has 0 aliphatic heterocycles. The van der Waals surface area contributed by atoms with Gasteiger partial charge in [-0.05, 0) is 0 Å². The van der Waals surface area contributed by atoms with Crippen LogP contribution >= 0.6 is 0 Å². The van der Waals surface area contributed by atoms with Gasteiger partial charge in [0.2, 0.25) is 0 Å². The van der Waals surface area contributed by atoms with E-state index in [9.17, 15) is 0 Å². The molecule has 0 rings (SSSR count). The van der Waals surface area contributed by atoms with Crippen LogP contribution in [0.5, 0.6) is 0 Å². The van der Waals surface area contributed by atoms with E-state index in [0.29, 0.717) is 6.54 Å². The van der Waals surface area contributed by atoms with Gasteiger partial charge in [0.05, 0.1) is 0 Å². The maximum atomic E-state index is 5.37. The molecule has 0 bridgehead atoms. The van der Waals surface area contributed by atoms with E-state index in [0.717, 1.165) is 19.6 Å². The lowest BCUT2D eigenvalue weighted by Gasteiger charge is -2.21. The van der Waals surface area contributed by atoms with Crippen molar-refractivity contribution in [2.45, 2.75) is 13.8 Å². The standard InChI is InChI=1S/C6H18N4/c1-3-8-10(6-5-7)9-4-2/h8-9H,3-7H2,1-2H3. The average Bonchev–Trinajstić information content (AvgIpc) is 1.90. The Kier molecular flexibility index (Phi) is 6.84. The van der Waals surface area contributed by atoms with Gasteiger partial charge in [0, 0.05) is 26.2 Å². The summed E-state index contributed by atoms with van der Waals surface area (Å²) in [6.07, 6.45) is 0. The molecule has 62 valence electrons. The van der Waals surface area contributed by atoms with Crippen LogP contribution in [0.3, 0.4) is 0 Å². The highest BCUT2D eigenvalue weighted by molar-refractivity contribution is 4.44. The largest absolute Gasteiger partial charge is 0.329 e. The van der Waals surface area contributed by atoms with Crippen molar-refractivity contribution in [2.24, 2.45) is 5.73 Å². The van der Waals surface area contributed by atoms with Crippen LogP contribution in [0.1, 0.15) is 13.8 Å². The molecule has 0 unspecified atom stereocenters. The normalized spacial score (nSPS) is 10.8. The average molecular weight is 146 g/mol. The maximum absolute atomic E-state index is 5.37. The molecule has 0 spiro atoms. The van der Waals surface area contributed by atoms with Gasteiger partial charge >= 0.3 is 0 Å². The second kappa shape index (κ2) is 6.95. The van der Waals surface area contributed by atoms with E-state index in [4.69, 9.17) is 5.73 Å². The zero-order valence-electron chi connectivity index (χ0n) is 6.85. The summed E-state index contributed by atoms with van der Waals surface area (Å²) in [7, 11) is 0. The van der Waals surface area contributed by atoms with Crippen molar-refractivity contribution in [3.05, 3.63) is 0 Å². The third-order valence-electron chi connectivity index (χ3n) is 1.05. The second-order valence-electron chi connectivity index (χ2n) is 1.96. The lowest BCUT2D eigenvalue weighted by molar-refractivity contribution is 0.125. The molecule has 0 aliphatic rings. The first-order valence-corrected chi connectivity index (χ1v) is 3.79. The summed E-state index contributed by atoms with van der Waals surface area (Å²) in [4.78, 5) is 0. The van der Waals surface area contributed by atoms with Crippen LogP contribution in [0, 0.1) is 0 Å². The summed E-state index contributed by atoms with van der Waals surface area (Å²) in [6.45, 7) is 7.46. The summed E-state index contributed by atoms with van der Waals surface area (Å²) >= 11 is 0. The SMILES string of the molecule is CCNN(CCN)NCC. The predicted octanol–water partition coefficient (Wildman–Crippen LogP) is -0.704.